The van der Waals surface area contributed by atoms with Gasteiger partial charge < -0.3 is 5.73 Å². The van der Waals surface area contributed by atoms with E-state index in [1.807, 2.05) is 12.1 Å². The number of anilines is 1. The average Bonchev–Trinajstić information content (AvgIpc) is 3.01. The molecule has 2 aromatic heterocycles. The van der Waals surface area contributed by atoms with Crippen LogP contribution in [0.3, 0.4) is 0 Å². The molecule has 6 nitrogen and oxygen atoms in total. The number of hydrogen-bond acceptors (Lipinski definition) is 5. The lowest BCUT2D eigenvalue weighted by atomic mass is 10.0. The Hall–Kier alpha value is -1.51. The summed E-state index contributed by atoms with van der Waals surface area (Å²) in [5.41, 5.74) is 6.85. The molecule has 1 aliphatic heterocycles. The van der Waals surface area contributed by atoms with Gasteiger partial charge in [0, 0.05) is 36.2 Å². The minimum absolute atomic E-state index is 0.0237. The molecule has 2 aromatic rings. The zero-order valence-corrected chi connectivity index (χ0v) is 14.1. The molecule has 0 aliphatic carbocycles. The van der Waals surface area contributed by atoms with Crippen LogP contribution in [0.25, 0.3) is 0 Å². The van der Waals surface area contributed by atoms with Crippen molar-refractivity contribution in [1.82, 2.24) is 14.3 Å². The van der Waals surface area contributed by atoms with Crippen LogP contribution in [0.1, 0.15) is 17.9 Å². The normalized spacial score (nSPS) is 19.4. The molecule has 1 aliphatic rings. The summed E-state index contributed by atoms with van der Waals surface area (Å²) in [7, 11) is -3.63. The molecule has 1 atom stereocenters. The van der Waals surface area contributed by atoms with E-state index in [0.717, 1.165) is 12.0 Å². The number of aromatic nitrogens is 2. The number of nitrogen functional groups attached to an aromatic ring is 1. The minimum atomic E-state index is -3.63. The second kappa shape index (κ2) is 5.94. The molecule has 22 heavy (non-hydrogen) atoms. The van der Waals surface area contributed by atoms with Crippen molar-refractivity contribution in [3.63, 3.8) is 0 Å². The van der Waals surface area contributed by atoms with Gasteiger partial charge in [0.05, 0.1) is 0 Å². The first-order chi connectivity index (χ1) is 10.5. The van der Waals surface area contributed by atoms with Gasteiger partial charge in [0.25, 0.3) is 0 Å². The molecule has 8 heteroatoms. The van der Waals surface area contributed by atoms with E-state index in [4.69, 9.17) is 5.73 Å². The number of sulfonamides is 1. The summed E-state index contributed by atoms with van der Waals surface area (Å²) in [6.45, 7) is 0.916. The van der Waals surface area contributed by atoms with Crippen LogP contribution in [0, 0.1) is 0 Å². The first-order valence-electron chi connectivity index (χ1n) is 6.79. The summed E-state index contributed by atoms with van der Waals surface area (Å²) in [5.74, 6) is 0.203. The monoisotopic (exact) mass is 382 g/mol. The third kappa shape index (κ3) is 2.86. The molecule has 1 unspecified atom stereocenters. The van der Waals surface area contributed by atoms with Gasteiger partial charge in [-0.1, -0.05) is 0 Å². The fraction of sp³-hybridized carbons (Fsp3) is 0.286. The van der Waals surface area contributed by atoms with Gasteiger partial charge in [-0.25, -0.2) is 13.4 Å². The molecule has 2 N–H and O–H groups in total. The average molecular weight is 383 g/mol. The van der Waals surface area contributed by atoms with Crippen molar-refractivity contribution in [3.8, 4) is 0 Å². The van der Waals surface area contributed by atoms with Crippen molar-refractivity contribution in [2.24, 2.45) is 0 Å². The molecule has 116 valence electrons. The van der Waals surface area contributed by atoms with Gasteiger partial charge in [-0.05, 0) is 52.0 Å². The van der Waals surface area contributed by atoms with Gasteiger partial charge in [0.2, 0.25) is 10.0 Å². The van der Waals surface area contributed by atoms with Gasteiger partial charge >= 0.3 is 0 Å². The van der Waals surface area contributed by atoms with Crippen molar-refractivity contribution in [1.29, 1.82) is 0 Å². The van der Waals surface area contributed by atoms with Gasteiger partial charge in [0.15, 0.2) is 0 Å². The first kappa shape index (κ1) is 15.4. The van der Waals surface area contributed by atoms with Gasteiger partial charge in [-0.2, -0.15) is 4.31 Å². The number of halogens is 1. The van der Waals surface area contributed by atoms with Crippen LogP contribution >= 0.6 is 15.9 Å². The maximum atomic E-state index is 12.8. The molecule has 3 rings (SSSR count). The predicted molar refractivity (Wildman–Crippen MR) is 86.7 cm³/mol. The van der Waals surface area contributed by atoms with Crippen LogP contribution in [-0.4, -0.2) is 35.8 Å². The van der Waals surface area contributed by atoms with E-state index in [1.54, 1.807) is 12.4 Å². The molecule has 0 saturated carbocycles. The van der Waals surface area contributed by atoms with Crippen LogP contribution in [0.2, 0.25) is 0 Å². The highest BCUT2D eigenvalue weighted by molar-refractivity contribution is 9.10. The number of hydrogen-bond donors (Lipinski definition) is 1. The SMILES string of the molecule is Nc1ncc(Br)cc1S(=O)(=O)N1CCC(c2ccncc2)C1. The third-order valence-corrected chi connectivity index (χ3v) is 6.12. The number of pyridine rings is 2. The minimum Gasteiger partial charge on any atom is -0.383 e. The lowest BCUT2D eigenvalue weighted by molar-refractivity contribution is 0.473. The Labute approximate surface area is 137 Å². The highest BCUT2D eigenvalue weighted by Gasteiger charge is 2.34. The summed E-state index contributed by atoms with van der Waals surface area (Å²) in [4.78, 5) is 7.95. The Bertz CT molecular complexity index is 783. The summed E-state index contributed by atoms with van der Waals surface area (Å²) >= 11 is 3.24. The van der Waals surface area contributed by atoms with E-state index in [1.165, 1.54) is 16.6 Å². The van der Waals surface area contributed by atoms with E-state index in [9.17, 15) is 8.42 Å². The lowest BCUT2D eigenvalue weighted by Crippen LogP contribution is -2.29. The van der Waals surface area contributed by atoms with Crippen LogP contribution in [0.4, 0.5) is 5.82 Å². The lowest BCUT2D eigenvalue weighted by Gasteiger charge is -2.17. The Kier molecular flexibility index (Phi) is 4.16. The predicted octanol–water partition coefficient (Wildman–Crippen LogP) is 2.00. The fourth-order valence-electron chi connectivity index (χ4n) is 2.63. The zero-order valence-electron chi connectivity index (χ0n) is 11.7. The summed E-state index contributed by atoms with van der Waals surface area (Å²) in [5, 5.41) is 0. The molecule has 0 spiro atoms. The smallest absolute Gasteiger partial charge is 0.246 e. The van der Waals surface area contributed by atoms with E-state index in [0.29, 0.717) is 17.6 Å². The van der Waals surface area contributed by atoms with E-state index in [2.05, 4.69) is 25.9 Å². The number of rotatable bonds is 3. The molecule has 0 aromatic carbocycles. The Morgan fingerprint density at radius 1 is 1.32 bits per heavy atom. The Morgan fingerprint density at radius 2 is 2.05 bits per heavy atom. The van der Waals surface area contributed by atoms with E-state index >= 15 is 0 Å². The quantitative estimate of drug-likeness (QED) is 0.876. The molecule has 1 saturated heterocycles. The fourth-order valence-corrected chi connectivity index (χ4v) is 4.71. The number of nitrogens with two attached hydrogens (primary N) is 1. The molecule has 0 bridgehead atoms. The van der Waals surface area contributed by atoms with Crippen molar-refractivity contribution in [2.75, 3.05) is 18.8 Å². The Morgan fingerprint density at radius 3 is 2.77 bits per heavy atom. The molecular formula is C14H15BrN4O2S. The highest BCUT2D eigenvalue weighted by atomic mass is 79.9. The van der Waals surface area contributed by atoms with Crippen LogP contribution in [0.15, 0.2) is 46.2 Å². The van der Waals surface area contributed by atoms with Gasteiger partial charge in [-0.3, -0.25) is 4.98 Å². The molecular weight excluding hydrogens is 368 g/mol. The van der Waals surface area contributed by atoms with Crippen LogP contribution < -0.4 is 5.73 Å². The molecule has 3 heterocycles. The standard InChI is InChI=1S/C14H15BrN4O2S/c15-12-7-13(14(16)18-8-12)22(20,21)19-6-3-11(9-19)10-1-4-17-5-2-10/h1-2,4-5,7-8,11H,3,6,9H2,(H2,16,18). The number of nitrogens with zero attached hydrogens (tertiary/aromatic N) is 3. The van der Waals surface area contributed by atoms with Gasteiger partial charge in [0.1, 0.15) is 10.7 Å². The van der Waals surface area contributed by atoms with Crippen molar-refractivity contribution in [3.05, 3.63) is 46.8 Å². The molecule has 0 radical (unpaired) electrons. The van der Waals surface area contributed by atoms with Gasteiger partial charge in [-0.15, -0.1) is 0 Å². The second-order valence-electron chi connectivity index (χ2n) is 5.17. The van der Waals surface area contributed by atoms with E-state index in [-0.39, 0.29) is 16.6 Å². The summed E-state index contributed by atoms with van der Waals surface area (Å²) in [6.07, 6.45) is 5.72. The van der Waals surface area contributed by atoms with Crippen LogP contribution in [0.5, 0.6) is 0 Å². The first-order valence-corrected chi connectivity index (χ1v) is 9.03. The van der Waals surface area contributed by atoms with Crippen molar-refractivity contribution < 1.29 is 8.42 Å². The second-order valence-corrected chi connectivity index (χ2v) is 7.99. The van der Waals surface area contributed by atoms with E-state index < -0.39 is 10.0 Å². The zero-order chi connectivity index (χ0) is 15.7. The molecule has 0 amide bonds. The maximum absolute atomic E-state index is 12.8. The van der Waals surface area contributed by atoms with Crippen molar-refractivity contribution in [2.45, 2.75) is 17.2 Å². The molecule has 1 fully saturated rings. The summed E-state index contributed by atoms with van der Waals surface area (Å²) < 4.78 is 27.6. The largest absolute Gasteiger partial charge is 0.383 e. The summed E-state index contributed by atoms with van der Waals surface area (Å²) in [6, 6.07) is 5.35. The maximum Gasteiger partial charge on any atom is 0.246 e. The van der Waals surface area contributed by atoms with Crippen LogP contribution in [-0.2, 0) is 10.0 Å². The van der Waals surface area contributed by atoms with Crippen molar-refractivity contribution >= 4 is 31.8 Å². The topological polar surface area (TPSA) is 89.2 Å². The third-order valence-electron chi connectivity index (χ3n) is 3.79. The Balaban J connectivity index is 1.87. The highest BCUT2D eigenvalue weighted by Crippen LogP contribution is 2.32.